The van der Waals surface area contributed by atoms with Gasteiger partial charge >= 0.3 is 5.97 Å². The van der Waals surface area contributed by atoms with Gasteiger partial charge in [0.2, 0.25) is 0 Å². The second-order valence-corrected chi connectivity index (χ2v) is 6.84. The topological polar surface area (TPSA) is 72.5 Å². The molecule has 5 nitrogen and oxygen atoms in total. The fourth-order valence-electron chi connectivity index (χ4n) is 1.75. The Morgan fingerprint density at radius 3 is 2.13 bits per heavy atom. The zero-order chi connectivity index (χ0) is 17.6. The molecule has 1 rings (SSSR count). The molecule has 0 aromatic heterocycles. The third-order valence-corrected chi connectivity index (χ3v) is 3.43. The summed E-state index contributed by atoms with van der Waals surface area (Å²) in [6.07, 6.45) is 0. The fraction of sp³-hybridized carbons (Fsp3) is 0.500. The molecule has 0 aliphatic rings. The van der Waals surface area contributed by atoms with Gasteiger partial charge in [-0.3, -0.25) is 9.59 Å². The molecule has 126 valence electrons. The van der Waals surface area contributed by atoms with Crippen molar-refractivity contribution in [2.45, 2.75) is 40.7 Å². The number of carbonyl (C=O) groups excluding carboxylic acids is 3. The van der Waals surface area contributed by atoms with Gasteiger partial charge in [0.05, 0.1) is 0 Å². The van der Waals surface area contributed by atoms with E-state index in [0.717, 1.165) is 0 Å². The van der Waals surface area contributed by atoms with Crippen LogP contribution in [0.2, 0.25) is 0 Å². The normalized spacial score (nSPS) is 12.6. The van der Waals surface area contributed by atoms with E-state index in [1.807, 2.05) is 19.9 Å². The predicted molar refractivity (Wildman–Crippen MR) is 88.0 cm³/mol. The Kier molecular flexibility index (Phi) is 6.49. The van der Waals surface area contributed by atoms with Crippen molar-refractivity contribution in [2.75, 3.05) is 6.61 Å². The summed E-state index contributed by atoms with van der Waals surface area (Å²) in [4.78, 5) is 36.2. The van der Waals surface area contributed by atoms with Crippen LogP contribution >= 0.6 is 0 Å². The van der Waals surface area contributed by atoms with Crippen LogP contribution in [0.3, 0.4) is 0 Å². The van der Waals surface area contributed by atoms with Crippen molar-refractivity contribution < 1.29 is 19.1 Å². The van der Waals surface area contributed by atoms with Crippen molar-refractivity contribution in [1.29, 1.82) is 0 Å². The van der Waals surface area contributed by atoms with Gasteiger partial charge in [-0.1, -0.05) is 52.8 Å². The van der Waals surface area contributed by atoms with Crippen LogP contribution in [0, 0.1) is 11.3 Å². The highest BCUT2D eigenvalue weighted by molar-refractivity contribution is 5.97. The Labute approximate surface area is 137 Å². The molecule has 1 amide bonds. The van der Waals surface area contributed by atoms with E-state index in [-0.39, 0.29) is 24.2 Å². The van der Waals surface area contributed by atoms with E-state index in [2.05, 4.69) is 5.32 Å². The fourth-order valence-corrected chi connectivity index (χ4v) is 1.75. The zero-order valence-corrected chi connectivity index (χ0v) is 14.4. The Bertz CT molecular complexity index is 558. The molecular weight excluding hydrogens is 294 g/mol. The molecule has 0 saturated carbocycles. The molecule has 5 heteroatoms. The van der Waals surface area contributed by atoms with E-state index < -0.39 is 17.4 Å². The van der Waals surface area contributed by atoms with Crippen LogP contribution in [0.5, 0.6) is 0 Å². The van der Waals surface area contributed by atoms with Crippen LogP contribution in [-0.4, -0.2) is 30.3 Å². The third-order valence-electron chi connectivity index (χ3n) is 3.43. The number of nitrogens with one attached hydrogen (secondary N) is 1. The number of carbonyl (C=O) groups is 3. The Hall–Kier alpha value is -2.17. The van der Waals surface area contributed by atoms with Crippen molar-refractivity contribution in [2.24, 2.45) is 11.3 Å². The summed E-state index contributed by atoms with van der Waals surface area (Å²) < 4.78 is 5.09. The number of amides is 1. The summed E-state index contributed by atoms with van der Waals surface area (Å²) in [7, 11) is 0. The van der Waals surface area contributed by atoms with Gasteiger partial charge in [-0.15, -0.1) is 0 Å². The first-order valence-electron chi connectivity index (χ1n) is 7.68. The van der Waals surface area contributed by atoms with E-state index in [0.29, 0.717) is 5.56 Å². The van der Waals surface area contributed by atoms with Gasteiger partial charge in [0.25, 0.3) is 5.91 Å². The summed E-state index contributed by atoms with van der Waals surface area (Å²) in [5, 5.41) is 2.67. The standard InChI is InChI=1S/C18H25NO4/c1-12(2)15(17(22)23-11-14(20)18(3,4)5)19-16(21)13-9-7-6-8-10-13/h6-10,12,15H,11H2,1-5H3,(H,19,21)/t15-/m0/s1. The van der Waals surface area contributed by atoms with Crippen molar-refractivity contribution in [1.82, 2.24) is 5.32 Å². The molecule has 0 heterocycles. The summed E-state index contributed by atoms with van der Waals surface area (Å²) in [5.74, 6) is -1.26. The van der Waals surface area contributed by atoms with E-state index in [9.17, 15) is 14.4 Å². The van der Waals surface area contributed by atoms with Gasteiger partial charge < -0.3 is 10.1 Å². The second-order valence-electron chi connectivity index (χ2n) is 6.84. The van der Waals surface area contributed by atoms with E-state index in [1.54, 1.807) is 45.0 Å². The van der Waals surface area contributed by atoms with Gasteiger partial charge in [-0.25, -0.2) is 4.79 Å². The molecule has 0 saturated heterocycles. The monoisotopic (exact) mass is 319 g/mol. The SMILES string of the molecule is CC(C)[C@H](NC(=O)c1ccccc1)C(=O)OCC(=O)C(C)(C)C. The second kappa shape index (κ2) is 7.90. The van der Waals surface area contributed by atoms with Gasteiger partial charge in [-0.05, 0) is 18.1 Å². The van der Waals surface area contributed by atoms with Crippen molar-refractivity contribution in [3.8, 4) is 0 Å². The molecular formula is C18H25NO4. The zero-order valence-electron chi connectivity index (χ0n) is 14.4. The third kappa shape index (κ3) is 5.85. The number of hydrogen-bond donors (Lipinski definition) is 1. The first-order valence-corrected chi connectivity index (χ1v) is 7.68. The van der Waals surface area contributed by atoms with Crippen LogP contribution in [0.4, 0.5) is 0 Å². The molecule has 0 unspecified atom stereocenters. The smallest absolute Gasteiger partial charge is 0.329 e. The van der Waals surface area contributed by atoms with Gasteiger partial charge in [0, 0.05) is 11.0 Å². The van der Waals surface area contributed by atoms with E-state index in [4.69, 9.17) is 4.74 Å². The lowest BCUT2D eigenvalue weighted by Gasteiger charge is -2.22. The lowest BCUT2D eigenvalue weighted by Crippen LogP contribution is -2.46. The number of rotatable bonds is 6. The van der Waals surface area contributed by atoms with Gasteiger partial charge in [-0.2, -0.15) is 0 Å². The highest BCUT2D eigenvalue weighted by Gasteiger charge is 2.28. The molecule has 0 aliphatic carbocycles. The Morgan fingerprint density at radius 1 is 1.09 bits per heavy atom. The van der Waals surface area contributed by atoms with Crippen LogP contribution in [0.15, 0.2) is 30.3 Å². The molecule has 1 aromatic rings. The lowest BCUT2D eigenvalue weighted by molar-refractivity contribution is -0.152. The molecule has 0 aliphatic heterocycles. The summed E-state index contributed by atoms with van der Waals surface area (Å²) in [6.45, 7) is 8.62. The number of hydrogen-bond acceptors (Lipinski definition) is 4. The molecule has 0 radical (unpaired) electrons. The summed E-state index contributed by atoms with van der Waals surface area (Å²) in [5.41, 5.74) is -0.0994. The van der Waals surface area contributed by atoms with E-state index in [1.165, 1.54) is 0 Å². The van der Waals surface area contributed by atoms with E-state index >= 15 is 0 Å². The molecule has 0 bridgehead atoms. The van der Waals surface area contributed by atoms with Gasteiger partial charge in [0.15, 0.2) is 12.4 Å². The van der Waals surface area contributed by atoms with Crippen LogP contribution in [-0.2, 0) is 14.3 Å². The largest absolute Gasteiger partial charge is 0.456 e. The molecule has 0 spiro atoms. The Morgan fingerprint density at radius 2 is 1.65 bits per heavy atom. The maximum absolute atomic E-state index is 12.2. The first-order chi connectivity index (χ1) is 10.6. The highest BCUT2D eigenvalue weighted by Crippen LogP contribution is 2.15. The maximum Gasteiger partial charge on any atom is 0.329 e. The number of ether oxygens (including phenoxy) is 1. The molecule has 23 heavy (non-hydrogen) atoms. The molecule has 1 N–H and O–H groups in total. The minimum absolute atomic E-state index is 0.153. The van der Waals surface area contributed by atoms with Gasteiger partial charge in [0.1, 0.15) is 6.04 Å². The number of esters is 1. The quantitative estimate of drug-likeness (QED) is 0.818. The summed E-state index contributed by atoms with van der Waals surface area (Å²) in [6, 6.07) is 7.85. The molecule has 0 fully saturated rings. The maximum atomic E-state index is 12.2. The highest BCUT2D eigenvalue weighted by atomic mass is 16.5. The number of Topliss-reactive ketones (excluding diaryl/α,β-unsaturated/α-hetero) is 1. The number of ketones is 1. The average molecular weight is 319 g/mol. The summed E-state index contributed by atoms with van der Waals surface area (Å²) >= 11 is 0. The van der Waals surface area contributed by atoms with Crippen LogP contribution in [0.25, 0.3) is 0 Å². The predicted octanol–water partition coefficient (Wildman–Crippen LogP) is 2.60. The van der Waals surface area contributed by atoms with Crippen molar-refractivity contribution in [3.63, 3.8) is 0 Å². The van der Waals surface area contributed by atoms with Crippen LogP contribution < -0.4 is 5.32 Å². The van der Waals surface area contributed by atoms with Crippen LogP contribution in [0.1, 0.15) is 45.0 Å². The number of benzene rings is 1. The Balaban J connectivity index is 2.69. The van der Waals surface area contributed by atoms with Crippen molar-refractivity contribution in [3.05, 3.63) is 35.9 Å². The minimum atomic E-state index is -0.796. The lowest BCUT2D eigenvalue weighted by atomic mass is 9.91. The average Bonchev–Trinajstić information content (AvgIpc) is 2.49. The molecule has 1 atom stereocenters. The molecule has 1 aromatic carbocycles. The van der Waals surface area contributed by atoms with Crippen molar-refractivity contribution >= 4 is 17.7 Å². The first kappa shape index (κ1) is 18.9. The minimum Gasteiger partial charge on any atom is -0.456 e.